The fourth-order valence-electron chi connectivity index (χ4n) is 2.59. The Kier molecular flexibility index (Phi) is 3.71. The number of rotatable bonds is 3. The molecule has 0 bridgehead atoms. The van der Waals surface area contributed by atoms with E-state index in [2.05, 4.69) is 15.4 Å². The summed E-state index contributed by atoms with van der Waals surface area (Å²) in [6.07, 6.45) is 2.27. The van der Waals surface area contributed by atoms with Crippen molar-refractivity contribution in [2.24, 2.45) is 0 Å². The minimum Gasteiger partial charge on any atom is -0.382 e. The van der Waals surface area contributed by atoms with Crippen molar-refractivity contribution in [2.45, 2.75) is 23.3 Å². The fourth-order valence-corrected chi connectivity index (χ4v) is 4.12. The normalized spacial score (nSPS) is 23.5. The number of hydrogen-bond acceptors (Lipinski definition) is 5. The number of H-pyrrole nitrogens is 1. The van der Waals surface area contributed by atoms with Crippen molar-refractivity contribution in [2.75, 3.05) is 13.1 Å². The number of benzene rings is 1. The summed E-state index contributed by atoms with van der Waals surface area (Å²) in [5.41, 5.74) is -1.07. The van der Waals surface area contributed by atoms with Gasteiger partial charge in [-0.2, -0.15) is 19.7 Å². The molecular weight excluding hydrogens is 311 g/mol. The lowest BCUT2D eigenvalue weighted by Gasteiger charge is -2.37. The molecule has 2 aromatic rings. The van der Waals surface area contributed by atoms with E-state index in [1.807, 2.05) is 0 Å². The van der Waals surface area contributed by atoms with Crippen LogP contribution in [-0.2, 0) is 15.6 Å². The van der Waals surface area contributed by atoms with Gasteiger partial charge in [0.25, 0.3) is 0 Å². The Morgan fingerprint density at radius 1 is 1.32 bits per heavy atom. The van der Waals surface area contributed by atoms with Crippen LogP contribution in [0.3, 0.4) is 0 Å². The monoisotopic (exact) mass is 326 g/mol. The van der Waals surface area contributed by atoms with E-state index in [-0.39, 0.29) is 11.4 Å². The van der Waals surface area contributed by atoms with Gasteiger partial charge < -0.3 is 5.11 Å². The molecule has 1 fully saturated rings. The number of hydrogen-bond donors (Lipinski definition) is 2. The molecule has 0 saturated carbocycles. The number of sulfonamides is 1. The summed E-state index contributed by atoms with van der Waals surface area (Å²) in [5, 5.41) is 20.6. The van der Waals surface area contributed by atoms with Gasteiger partial charge in [-0.1, -0.05) is 0 Å². The maximum absolute atomic E-state index is 13.0. The number of β-amino-alcohol motifs (C(OH)–C–C–N with tert-alkyl or cyclic N) is 1. The molecule has 0 spiro atoms. The van der Waals surface area contributed by atoms with Crippen LogP contribution in [0.4, 0.5) is 4.39 Å². The summed E-state index contributed by atoms with van der Waals surface area (Å²) < 4.78 is 39.4. The average Bonchev–Trinajstić information content (AvgIpc) is 3.03. The standard InChI is InChI=1S/C13H15FN4O3S/c14-10-2-4-11(5-3-10)22(20,21)18-7-1-6-13(19,9-18)12-8-15-17-16-12/h2-5,8,19H,1,6-7,9H2,(H,15,16,17). The molecule has 9 heteroatoms. The summed E-state index contributed by atoms with van der Waals surface area (Å²) in [4.78, 5) is -0.00157. The third-order valence-electron chi connectivity index (χ3n) is 3.78. The predicted octanol–water partition coefficient (Wildman–Crippen LogP) is 0.616. The molecule has 0 aliphatic carbocycles. The minimum atomic E-state index is -3.79. The third-order valence-corrected chi connectivity index (χ3v) is 5.64. The van der Waals surface area contributed by atoms with Gasteiger partial charge in [-0.25, -0.2) is 12.8 Å². The van der Waals surface area contributed by atoms with Crippen LogP contribution < -0.4 is 0 Å². The predicted molar refractivity (Wildman–Crippen MR) is 74.7 cm³/mol. The Hall–Kier alpha value is -1.84. The van der Waals surface area contributed by atoms with E-state index < -0.39 is 21.4 Å². The molecule has 1 aromatic carbocycles. The second-order valence-electron chi connectivity index (χ2n) is 5.28. The van der Waals surface area contributed by atoms with Crippen molar-refractivity contribution >= 4 is 10.0 Å². The lowest BCUT2D eigenvalue weighted by atomic mass is 9.91. The molecule has 2 heterocycles. The van der Waals surface area contributed by atoms with Gasteiger partial charge in [-0.3, -0.25) is 0 Å². The minimum absolute atomic E-state index is 0.00157. The summed E-state index contributed by atoms with van der Waals surface area (Å²) in [5.74, 6) is -0.503. The van der Waals surface area contributed by atoms with E-state index in [1.165, 1.54) is 22.6 Å². The molecule has 1 aromatic heterocycles. The van der Waals surface area contributed by atoms with Crippen LogP contribution in [0, 0.1) is 5.82 Å². The Morgan fingerprint density at radius 2 is 2.05 bits per heavy atom. The molecule has 3 rings (SSSR count). The number of aromatic nitrogens is 3. The highest BCUT2D eigenvalue weighted by atomic mass is 32.2. The Morgan fingerprint density at radius 3 is 2.68 bits per heavy atom. The van der Waals surface area contributed by atoms with Crippen LogP contribution in [0.5, 0.6) is 0 Å². The topological polar surface area (TPSA) is 99.2 Å². The van der Waals surface area contributed by atoms with E-state index in [0.717, 1.165) is 12.1 Å². The number of nitrogens with zero attached hydrogens (tertiary/aromatic N) is 3. The van der Waals surface area contributed by atoms with Crippen molar-refractivity contribution in [1.82, 2.24) is 19.7 Å². The zero-order chi connectivity index (χ0) is 15.8. The molecular formula is C13H15FN4O3S. The van der Waals surface area contributed by atoms with Crippen molar-refractivity contribution in [3.05, 3.63) is 42.0 Å². The lowest BCUT2D eigenvalue weighted by Crippen LogP contribution is -2.48. The summed E-state index contributed by atoms with van der Waals surface area (Å²) in [6.45, 7) is 0.180. The maximum Gasteiger partial charge on any atom is 0.243 e. The Balaban J connectivity index is 1.90. The van der Waals surface area contributed by atoms with Crippen LogP contribution >= 0.6 is 0 Å². The zero-order valence-electron chi connectivity index (χ0n) is 11.6. The van der Waals surface area contributed by atoms with Crippen molar-refractivity contribution in [3.63, 3.8) is 0 Å². The van der Waals surface area contributed by atoms with E-state index >= 15 is 0 Å². The van der Waals surface area contributed by atoms with E-state index in [4.69, 9.17) is 0 Å². The van der Waals surface area contributed by atoms with Gasteiger partial charge in [-0.15, -0.1) is 0 Å². The number of piperidine rings is 1. The van der Waals surface area contributed by atoms with E-state index in [1.54, 1.807) is 0 Å². The first-order chi connectivity index (χ1) is 10.4. The first-order valence-electron chi connectivity index (χ1n) is 6.76. The van der Waals surface area contributed by atoms with Gasteiger partial charge in [0.2, 0.25) is 10.0 Å². The largest absolute Gasteiger partial charge is 0.382 e. The maximum atomic E-state index is 13.0. The van der Waals surface area contributed by atoms with Crippen molar-refractivity contribution < 1.29 is 17.9 Å². The quantitative estimate of drug-likeness (QED) is 0.861. The van der Waals surface area contributed by atoms with Gasteiger partial charge in [0.05, 0.1) is 11.1 Å². The van der Waals surface area contributed by atoms with Gasteiger partial charge in [0, 0.05) is 13.1 Å². The molecule has 118 valence electrons. The molecule has 1 unspecified atom stereocenters. The second-order valence-corrected chi connectivity index (χ2v) is 7.22. The SMILES string of the molecule is O=S(=O)(c1ccc(F)cc1)N1CCCC(O)(c2cn[nH]n2)C1. The highest BCUT2D eigenvalue weighted by Crippen LogP contribution is 2.32. The first-order valence-corrected chi connectivity index (χ1v) is 8.20. The van der Waals surface area contributed by atoms with Gasteiger partial charge >= 0.3 is 0 Å². The summed E-state index contributed by atoms with van der Waals surface area (Å²) >= 11 is 0. The smallest absolute Gasteiger partial charge is 0.243 e. The summed E-state index contributed by atoms with van der Waals surface area (Å²) in [6, 6.07) is 4.63. The molecule has 0 radical (unpaired) electrons. The first kappa shape index (κ1) is 15.1. The molecule has 22 heavy (non-hydrogen) atoms. The molecule has 0 amide bonds. The Labute approximate surface area is 126 Å². The summed E-state index contributed by atoms with van der Waals surface area (Å²) in [7, 11) is -3.79. The molecule has 1 atom stereocenters. The molecule has 7 nitrogen and oxygen atoms in total. The van der Waals surface area contributed by atoms with Crippen LogP contribution in [0.15, 0.2) is 35.4 Å². The highest BCUT2D eigenvalue weighted by Gasteiger charge is 2.41. The zero-order valence-corrected chi connectivity index (χ0v) is 12.4. The number of aliphatic hydroxyl groups is 1. The average molecular weight is 326 g/mol. The van der Waals surface area contributed by atoms with Crippen LogP contribution in [0.1, 0.15) is 18.5 Å². The molecule has 1 aliphatic rings. The van der Waals surface area contributed by atoms with Crippen LogP contribution in [0.2, 0.25) is 0 Å². The van der Waals surface area contributed by atoms with E-state index in [9.17, 15) is 17.9 Å². The lowest BCUT2D eigenvalue weighted by molar-refractivity contribution is -0.0161. The van der Waals surface area contributed by atoms with Gasteiger partial charge in [0.1, 0.15) is 17.1 Å². The van der Waals surface area contributed by atoms with Crippen LogP contribution in [0.25, 0.3) is 0 Å². The molecule has 1 aliphatic heterocycles. The third kappa shape index (κ3) is 2.62. The number of nitrogens with one attached hydrogen (secondary N) is 1. The number of aromatic amines is 1. The number of halogens is 1. The fraction of sp³-hybridized carbons (Fsp3) is 0.385. The van der Waals surface area contributed by atoms with Crippen molar-refractivity contribution in [1.29, 1.82) is 0 Å². The highest BCUT2D eigenvalue weighted by molar-refractivity contribution is 7.89. The van der Waals surface area contributed by atoms with Crippen molar-refractivity contribution in [3.8, 4) is 0 Å². The van der Waals surface area contributed by atoms with Gasteiger partial charge in [0.15, 0.2) is 0 Å². The Bertz CT molecular complexity index is 748. The van der Waals surface area contributed by atoms with Crippen LogP contribution in [-0.4, -0.2) is 46.3 Å². The van der Waals surface area contributed by atoms with Gasteiger partial charge in [-0.05, 0) is 37.1 Å². The second kappa shape index (κ2) is 5.41. The van der Waals surface area contributed by atoms with E-state index in [0.29, 0.717) is 25.1 Å². The molecule has 2 N–H and O–H groups in total. The molecule has 1 saturated heterocycles.